The number of halogens is 1. The number of carbonyl (C=O) groups excluding carboxylic acids is 2. The molecule has 3 rings (SSSR count). The van der Waals surface area contributed by atoms with Crippen LogP contribution in [0.25, 0.3) is 10.9 Å². The zero-order valence-electron chi connectivity index (χ0n) is 12.6. The summed E-state index contributed by atoms with van der Waals surface area (Å²) in [6, 6.07) is 15.9. The molecule has 1 aromatic heterocycles. The van der Waals surface area contributed by atoms with E-state index in [2.05, 4.69) is 16.2 Å². The third-order valence-electron chi connectivity index (χ3n) is 3.39. The van der Waals surface area contributed by atoms with Gasteiger partial charge in [-0.1, -0.05) is 35.9 Å². The molecule has 0 radical (unpaired) electrons. The summed E-state index contributed by atoms with van der Waals surface area (Å²) in [7, 11) is 0. The van der Waals surface area contributed by atoms with Gasteiger partial charge in [0.25, 0.3) is 5.91 Å². The monoisotopic (exact) mass is 342 g/mol. The van der Waals surface area contributed by atoms with Gasteiger partial charge in [-0.05, 0) is 35.7 Å². The highest BCUT2D eigenvalue weighted by molar-refractivity contribution is 6.30. The first-order valence-electron chi connectivity index (χ1n) is 7.27. The van der Waals surface area contributed by atoms with Gasteiger partial charge in [0.2, 0.25) is 0 Å². The van der Waals surface area contributed by atoms with E-state index < -0.39 is 6.03 Å². The minimum absolute atomic E-state index is 0.102. The van der Waals surface area contributed by atoms with Crippen molar-refractivity contribution in [3.05, 3.63) is 65.8 Å². The first-order valence-corrected chi connectivity index (χ1v) is 7.65. The molecule has 0 aliphatic heterocycles. The summed E-state index contributed by atoms with van der Waals surface area (Å²) >= 11 is 5.84. The van der Waals surface area contributed by atoms with Gasteiger partial charge in [-0.3, -0.25) is 10.2 Å². The fourth-order valence-electron chi connectivity index (χ4n) is 2.33. The van der Waals surface area contributed by atoms with Gasteiger partial charge in [0.05, 0.1) is 0 Å². The molecule has 7 heteroatoms. The van der Waals surface area contributed by atoms with Crippen molar-refractivity contribution in [1.29, 1.82) is 0 Å². The molecule has 0 aliphatic rings. The number of urea groups is 1. The molecule has 0 spiro atoms. The Kier molecular flexibility index (Phi) is 4.67. The molecule has 3 aromatic rings. The number of fused-ring (bicyclic) bond motifs is 1. The third-order valence-corrected chi connectivity index (χ3v) is 3.63. The average molecular weight is 343 g/mol. The largest absolute Gasteiger partial charge is 0.338 e. The van der Waals surface area contributed by atoms with Crippen molar-refractivity contribution in [3.8, 4) is 0 Å². The number of para-hydroxylation sites is 1. The van der Waals surface area contributed by atoms with Crippen LogP contribution in [0.15, 0.2) is 60.8 Å². The number of rotatable bonds is 3. The van der Waals surface area contributed by atoms with Crippen molar-refractivity contribution in [2.24, 2.45) is 0 Å². The summed E-state index contributed by atoms with van der Waals surface area (Å²) in [6.07, 6.45) is 1.83. The molecule has 0 bridgehead atoms. The number of hydrogen-bond donors (Lipinski definition) is 3. The Morgan fingerprint density at radius 3 is 2.67 bits per heavy atom. The lowest BCUT2D eigenvalue weighted by atomic mass is 10.2. The second kappa shape index (κ2) is 7.06. The van der Waals surface area contributed by atoms with E-state index in [9.17, 15) is 9.59 Å². The van der Waals surface area contributed by atoms with E-state index in [1.54, 1.807) is 28.8 Å². The summed E-state index contributed by atoms with van der Waals surface area (Å²) in [5.74, 6) is -0.336. The maximum atomic E-state index is 12.0. The van der Waals surface area contributed by atoms with Crippen LogP contribution in [0, 0.1) is 0 Å². The van der Waals surface area contributed by atoms with Crippen LogP contribution in [0.5, 0.6) is 0 Å². The molecule has 1 heterocycles. The van der Waals surface area contributed by atoms with E-state index in [-0.39, 0.29) is 12.5 Å². The van der Waals surface area contributed by atoms with Crippen LogP contribution in [0.2, 0.25) is 5.02 Å². The lowest BCUT2D eigenvalue weighted by Crippen LogP contribution is -2.45. The number of benzene rings is 2. The molecule has 0 saturated heterocycles. The second-order valence-electron chi connectivity index (χ2n) is 5.14. The lowest BCUT2D eigenvalue weighted by Gasteiger charge is -2.10. The summed E-state index contributed by atoms with van der Waals surface area (Å²) in [5.41, 5.74) is 6.16. The van der Waals surface area contributed by atoms with Crippen molar-refractivity contribution in [2.45, 2.75) is 6.54 Å². The number of nitrogens with zero attached hydrogens (tertiary/aromatic N) is 1. The molecular formula is C17H15ClN4O2. The van der Waals surface area contributed by atoms with E-state index in [0.29, 0.717) is 10.7 Å². The van der Waals surface area contributed by atoms with E-state index in [4.69, 9.17) is 11.6 Å². The Labute approximate surface area is 143 Å². The van der Waals surface area contributed by atoms with Gasteiger partial charge in [0.1, 0.15) is 6.54 Å². The maximum absolute atomic E-state index is 12.0. The fraction of sp³-hybridized carbons (Fsp3) is 0.0588. The standard InChI is InChI=1S/C17H15ClN4O2/c18-13-5-3-6-14(10-13)19-17(24)21-20-16(23)11-22-9-8-12-4-1-2-7-15(12)22/h1-10H,11H2,(H,20,23)(H2,19,21,24). The highest BCUT2D eigenvalue weighted by Gasteiger charge is 2.07. The fourth-order valence-corrected chi connectivity index (χ4v) is 2.52. The van der Waals surface area contributed by atoms with Gasteiger partial charge < -0.3 is 9.88 Å². The van der Waals surface area contributed by atoms with Gasteiger partial charge in [-0.25, -0.2) is 10.2 Å². The highest BCUT2D eigenvalue weighted by atomic mass is 35.5. The molecule has 3 N–H and O–H groups in total. The minimum Gasteiger partial charge on any atom is -0.338 e. The highest BCUT2D eigenvalue weighted by Crippen LogP contribution is 2.15. The Hall–Kier alpha value is -2.99. The first kappa shape index (κ1) is 15.9. The predicted molar refractivity (Wildman–Crippen MR) is 93.7 cm³/mol. The van der Waals surface area contributed by atoms with E-state index in [1.807, 2.05) is 36.5 Å². The molecule has 24 heavy (non-hydrogen) atoms. The summed E-state index contributed by atoms with van der Waals surface area (Å²) in [6.45, 7) is 0.102. The summed E-state index contributed by atoms with van der Waals surface area (Å²) in [4.78, 5) is 23.7. The van der Waals surface area contributed by atoms with Gasteiger partial charge in [-0.2, -0.15) is 0 Å². The Morgan fingerprint density at radius 1 is 1.00 bits per heavy atom. The van der Waals surface area contributed by atoms with Crippen molar-refractivity contribution in [3.63, 3.8) is 0 Å². The molecular weight excluding hydrogens is 328 g/mol. The second-order valence-corrected chi connectivity index (χ2v) is 5.58. The van der Waals surface area contributed by atoms with E-state index in [1.165, 1.54) is 0 Å². The SMILES string of the molecule is O=C(Cn1ccc2ccccc21)NNC(=O)Nc1cccc(Cl)c1. The summed E-state index contributed by atoms with van der Waals surface area (Å²) < 4.78 is 1.81. The van der Waals surface area contributed by atoms with Crippen molar-refractivity contribution < 1.29 is 9.59 Å². The zero-order chi connectivity index (χ0) is 16.9. The minimum atomic E-state index is -0.553. The number of aromatic nitrogens is 1. The number of anilines is 1. The van der Waals surface area contributed by atoms with Crippen molar-refractivity contribution in [1.82, 2.24) is 15.4 Å². The number of hydrazine groups is 1. The Balaban J connectivity index is 1.53. The molecule has 3 amide bonds. The quantitative estimate of drug-likeness (QED) is 0.640. The molecule has 0 unspecified atom stereocenters. The molecule has 0 fully saturated rings. The third kappa shape index (κ3) is 3.85. The average Bonchev–Trinajstić information content (AvgIpc) is 2.96. The lowest BCUT2D eigenvalue weighted by molar-refractivity contribution is -0.122. The molecule has 0 saturated carbocycles. The van der Waals surface area contributed by atoms with Crippen molar-refractivity contribution >= 4 is 40.1 Å². The van der Waals surface area contributed by atoms with Crippen LogP contribution in [-0.2, 0) is 11.3 Å². The topological polar surface area (TPSA) is 75.2 Å². The molecule has 122 valence electrons. The molecule has 0 aliphatic carbocycles. The van der Waals surface area contributed by atoms with Crippen LogP contribution in [0.3, 0.4) is 0 Å². The van der Waals surface area contributed by atoms with Crippen LogP contribution in [-0.4, -0.2) is 16.5 Å². The van der Waals surface area contributed by atoms with Gasteiger partial charge in [0, 0.05) is 22.4 Å². The van der Waals surface area contributed by atoms with E-state index in [0.717, 1.165) is 10.9 Å². The number of carbonyl (C=O) groups is 2. The van der Waals surface area contributed by atoms with Crippen LogP contribution >= 0.6 is 11.6 Å². The van der Waals surface area contributed by atoms with Gasteiger partial charge in [0.15, 0.2) is 0 Å². The summed E-state index contributed by atoms with van der Waals surface area (Å²) in [5, 5.41) is 4.13. The number of hydrogen-bond acceptors (Lipinski definition) is 2. The first-order chi connectivity index (χ1) is 11.6. The molecule has 2 aromatic carbocycles. The van der Waals surface area contributed by atoms with Crippen LogP contribution in [0.4, 0.5) is 10.5 Å². The number of nitrogens with one attached hydrogen (secondary N) is 3. The van der Waals surface area contributed by atoms with Crippen LogP contribution < -0.4 is 16.2 Å². The van der Waals surface area contributed by atoms with Gasteiger partial charge in [-0.15, -0.1) is 0 Å². The zero-order valence-corrected chi connectivity index (χ0v) is 13.4. The normalized spacial score (nSPS) is 10.4. The Bertz CT molecular complexity index is 891. The van der Waals surface area contributed by atoms with Crippen LogP contribution in [0.1, 0.15) is 0 Å². The van der Waals surface area contributed by atoms with Gasteiger partial charge >= 0.3 is 6.03 Å². The molecule has 6 nitrogen and oxygen atoms in total. The van der Waals surface area contributed by atoms with Crippen molar-refractivity contribution in [2.75, 3.05) is 5.32 Å². The predicted octanol–water partition coefficient (Wildman–Crippen LogP) is 3.15. The maximum Gasteiger partial charge on any atom is 0.337 e. The molecule has 0 atom stereocenters. The van der Waals surface area contributed by atoms with E-state index >= 15 is 0 Å². The Morgan fingerprint density at radius 2 is 1.83 bits per heavy atom. The number of amides is 3. The smallest absolute Gasteiger partial charge is 0.337 e.